The van der Waals surface area contributed by atoms with E-state index in [-0.39, 0.29) is 23.9 Å². The van der Waals surface area contributed by atoms with E-state index in [1.807, 2.05) is 0 Å². The average Bonchev–Trinajstić information content (AvgIpc) is 2.45. The lowest BCUT2D eigenvalue weighted by Gasteiger charge is -2.23. The summed E-state index contributed by atoms with van der Waals surface area (Å²) in [7, 11) is 0. The molecule has 0 fully saturated rings. The fraction of sp³-hybridized carbons (Fsp3) is 0.250. The van der Waals surface area contributed by atoms with Crippen molar-refractivity contribution in [2.45, 2.75) is 20.5 Å². The van der Waals surface area contributed by atoms with E-state index in [1.54, 1.807) is 38.1 Å². The van der Waals surface area contributed by atoms with Gasteiger partial charge in [-0.15, -0.1) is 0 Å². The molecule has 2 aromatic rings. The molecule has 0 bridgehead atoms. The fourth-order valence-electron chi connectivity index (χ4n) is 2.43. The minimum atomic E-state index is -0.531. The van der Waals surface area contributed by atoms with Crippen molar-refractivity contribution in [3.63, 3.8) is 0 Å². The van der Waals surface area contributed by atoms with Crippen LogP contribution in [0.25, 0.3) is 11.1 Å². The summed E-state index contributed by atoms with van der Waals surface area (Å²) in [6.07, 6.45) is 0. The summed E-state index contributed by atoms with van der Waals surface area (Å²) >= 11 is 0. The largest absolute Gasteiger partial charge is 0.491 e. The maximum Gasteiger partial charge on any atom is 0.207 e. The molecule has 4 heteroatoms. The molecule has 0 amide bonds. The molecular weight excluding hydrogens is 262 g/mol. The molecule has 0 N–H and O–H groups in total. The number of aryl methyl sites for hydroxylation is 1. The third kappa shape index (κ3) is 1.83. The van der Waals surface area contributed by atoms with Crippen molar-refractivity contribution in [2.75, 3.05) is 6.61 Å². The Bertz CT molecular complexity index is 681. The number of halogens is 2. The Morgan fingerprint density at radius 2 is 1.85 bits per heavy atom. The van der Waals surface area contributed by atoms with Gasteiger partial charge in [0.05, 0.1) is 6.61 Å². The molecule has 1 heterocycles. The lowest BCUT2D eigenvalue weighted by molar-refractivity contribution is 0.267. The van der Waals surface area contributed by atoms with Crippen molar-refractivity contribution in [2.24, 2.45) is 0 Å². The Kier molecular flexibility index (Phi) is 3.08. The van der Waals surface area contributed by atoms with Gasteiger partial charge in [-0.1, -0.05) is 12.1 Å². The number of fused-ring (bicyclic) bond motifs is 3. The van der Waals surface area contributed by atoms with Crippen LogP contribution in [-0.2, 0) is 6.61 Å². The van der Waals surface area contributed by atoms with Crippen molar-refractivity contribution in [1.82, 2.24) is 0 Å². The summed E-state index contributed by atoms with van der Waals surface area (Å²) < 4.78 is 39.0. The molecule has 1 aliphatic rings. The first-order valence-electron chi connectivity index (χ1n) is 6.50. The van der Waals surface area contributed by atoms with Crippen molar-refractivity contribution >= 4 is 0 Å². The predicted octanol–water partition coefficient (Wildman–Crippen LogP) is 4.23. The van der Waals surface area contributed by atoms with Crippen molar-refractivity contribution < 1.29 is 18.3 Å². The Morgan fingerprint density at radius 1 is 1.10 bits per heavy atom. The number of hydrogen-bond donors (Lipinski definition) is 0. The van der Waals surface area contributed by atoms with E-state index in [0.717, 1.165) is 0 Å². The van der Waals surface area contributed by atoms with E-state index in [2.05, 4.69) is 0 Å². The molecule has 0 saturated carbocycles. The normalized spacial score (nSPS) is 12.4. The molecular formula is C16H14F2O2. The summed E-state index contributed by atoms with van der Waals surface area (Å²) in [5.41, 5.74) is 2.27. The third-order valence-corrected chi connectivity index (χ3v) is 3.45. The number of ether oxygens (including phenoxy) is 2. The highest BCUT2D eigenvalue weighted by Crippen LogP contribution is 2.43. The lowest BCUT2D eigenvalue weighted by Crippen LogP contribution is -2.11. The Hall–Kier alpha value is -2.10. The summed E-state index contributed by atoms with van der Waals surface area (Å²) in [4.78, 5) is 0. The van der Waals surface area contributed by atoms with Crippen LogP contribution in [0, 0.1) is 18.6 Å². The van der Waals surface area contributed by atoms with Gasteiger partial charge in [-0.25, -0.2) is 4.39 Å². The van der Waals surface area contributed by atoms with Gasteiger partial charge in [0.25, 0.3) is 0 Å². The summed E-state index contributed by atoms with van der Waals surface area (Å²) in [5, 5.41) is 0. The highest BCUT2D eigenvalue weighted by molar-refractivity contribution is 5.76. The van der Waals surface area contributed by atoms with E-state index < -0.39 is 5.82 Å². The first kappa shape index (κ1) is 12.9. The van der Waals surface area contributed by atoms with E-state index in [0.29, 0.717) is 28.9 Å². The van der Waals surface area contributed by atoms with Crippen molar-refractivity contribution in [3.05, 3.63) is 47.0 Å². The molecule has 0 saturated heterocycles. The molecule has 0 radical (unpaired) electrons. The van der Waals surface area contributed by atoms with Crippen LogP contribution >= 0.6 is 0 Å². The van der Waals surface area contributed by atoms with Gasteiger partial charge in [-0.05, 0) is 37.1 Å². The average molecular weight is 276 g/mol. The van der Waals surface area contributed by atoms with Crippen molar-refractivity contribution in [3.8, 4) is 22.6 Å². The topological polar surface area (TPSA) is 18.5 Å². The van der Waals surface area contributed by atoms with Gasteiger partial charge in [0.15, 0.2) is 11.5 Å². The van der Waals surface area contributed by atoms with Gasteiger partial charge in [0.2, 0.25) is 5.82 Å². The highest BCUT2D eigenvalue weighted by atomic mass is 19.1. The Morgan fingerprint density at radius 3 is 2.60 bits per heavy atom. The van der Waals surface area contributed by atoms with Gasteiger partial charge in [-0.3, -0.25) is 0 Å². The predicted molar refractivity (Wildman–Crippen MR) is 72.0 cm³/mol. The van der Waals surface area contributed by atoms with E-state index in [4.69, 9.17) is 9.47 Å². The quantitative estimate of drug-likeness (QED) is 0.817. The molecule has 20 heavy (non-hydrogen) atoms. The smallest absolute Gasteiger partial charge is 0.207 e. The summed E-state index contributed by atoms with van der Waals surface area (Å²) in [5.74, 6) is -0.535. The van der Waals surface area contributed by atoms with Crippen LogP contribution in [0.1, 0.15) is 18.1 Å². The van der Waals surface area contributed by atoms with Gasteiger partial charge in [-0.2, -0.15) is 4.39 Å². The Labute approximate surface area is 116 Å². The third-order valence-electron chi connectivity index (χ3n) is 3.45. The van der Waals surface area contributed by atoms with Gasteiger partial charge in [0.1, 0.15) is 12.4 Å². The number of hydrogen-bond acceptors (Lipinski definition) is 2. The molecule has 1 aliphatic heterocycles. The molecule has 0 aromatic heterocycles. The first-order chi connectivity index (χ1) is 9.63. The minimum Gasteiger partial charge on any atom is -0.491 e. The molecule has 3 rings (SSSR count). The maximum absolute atomic E-state index is 14.3. The maximum atomic E-state index is 14.3. The van der Waals surface area contributed by atoms with Gasteiger partial charge in [0, 0.05) is 11.1 Å². The van der Waals surface area contributed by atoms with Gasteiger partial charge < -0.3 is 9.47 Å². The van der Waals surface area contributed by atoms with Crippen LogP contribution in [0.15, 0.2) is 24.3 Å². The standard InChI is InChI=1S/C16H14F2O2/c1-3-19-13-7-6-11-10-5-4-9(2)14(17)12(10)8-20-16(11)15(13)18/h4-7H,3,8H2,1-2H3. The second-order valence-corrected chi connectivity index (χ2v) is 4.70. The molecule has 104 valence electrons. The molecule has 2 aromatic carbocycles. The highest BCUT2D eigenvalue weighted by Gasteiger charge is 2.25. The zero-order valence-corrected chi connectivity index (χ0v) is 11.3. The summed E-state index contributed by atoms with van der Waals surface area (Å²) in [6, 6.07) is 6.75. The molecule has 0 atom stereocenters. The minimum absolute atomic E-state index is 0.0301. The van der Waals surface area contributed by atoms with E-state index in [9.17, 15) is 8.78 Å². The van der Waals surface area contributed by atoms with Crippen molar-refractivity contribution in [1.29, 1.82) is 0 Å². The van der Waals surface area contributed by atoms with E-state index >= 15 is 0 Å². The first-order valence-corrected chi connectivity index (χ1v) is 6.50. The molecule has 2 nitrogen and oxygen atoms in total. The second-order valence-electron chi connectivity index (χ2n) is 4.70. The zero-order chi connectivity index (χ0) is 14.3. The monoisotopic (exact) mass is 276 g/mol. The van der Waals surface area contributed by atoms with Crippen LogP contribution in [0.2, 0.25) is 0 Å². The SMILES string of the molecule is CCOc1ccc2c(c1F)OCc1c-2ccc(C)c1F. The zero-order valence-electron chi connectivity index (χ0n) is 11.3. The lowest BCUT2D eigenvalue weighted by atomic mass is 9.94. The van der Waals surface area contributed by atoms with Crippen LogP contribution < -0.4 is 9.47 Å². The van der Waals surface area contributed by atoms with Crippen LogP contribution in [0.4, 0.5) is 8.78 Å². The Balaban J connectivity index is 2.19. The number of rotatable bonds is 2. The van der Waals surface area contributed by atoms with E-state index in [1.165, 1.54) is 0 Å². The van der Waals surface area contributed by atoms with Crippen LogP contribution in [-0.4, -0.2) is 6.61 Å². The fourth-order valence-corrected chi connectivity index (χ4v) is 2.43. The molecule has 0 spiro atoms. The molecule has 0 aliphatic carbocycles. The molecule has 0 unspecified atom stereocenters. The summed E-state index contributed by atoms with van der Waals surface area (Å²) in [6.45, 7) is 3.89. The number of benzene rings is 2. The van der Waals surface area contributed by atoms with Gasteiger partial charge >= 0.3 is 0 Å². The van der Waals surface area contributed by atoms with Crippen LogP contribution in [0.5, 0.6) is 11.5 Å². The second kappa shape index (κ2) is 4.78. The van der Waals surface area contributed by atoms with Crippen LogP contribution in [0.3, 0.4) is 0 Å².